The maximum atomic E-state index is 12.5. The molecular weight excluding hydrogens is 348 g/mol. The summed E-state index contributed by atoms with van der Waals surface area (Å²) in [6.45, 7) is 2.03. The monoisotopic (exact) mass is 364 g/mol. The van der Waals surface area contributed by atoms with Crippen LogP contribution in [0.2, 0.25) is 0 Å². The van der Waals surface area contributed by atoms with Crippen LogP contribution in [-0.2, 0) is 16.0 Å². The first kappa shape index (κ1) is 16.5. The summed E-state index contributed by atoms with van der Waals surface area (Å²) in [7, 11) is 0. The first-order valence-corrected chi connectivity index (χ1v) is 9.10. The topological polar surface area (TPSA) is 68.3 Å². The number of nitrogens with zero attached hydrogens (tertiary/aromatic N) is 1. The normalized spacial score (nSPS) is 15.9. The Bertz CT molecular complexity index is 979. The zero-order valence-corrected chi connectivity index (χ0v) is 14.9. The van der Waals surface area contributed by atoms with E-state index in [4.69, 9.17) is 4.74 Å². The molecule has 26 heavy (non-hydrogen) atoms. The first-order chi connectivity index (χ1) is 12.6. The quantitative estimate of drug-likeness (QED) is 0.717. The van der Waals surface area contributed by atoms with Crippen LogP contribution in [0.15, 0.2) is 53.9 Å². The summed E-state index contributed by atoms with van der Waals surface area (Å²) in [5.74, 6) is -0.829. The van der Waals surface area contributed by atoms with Crippen molar-refractivity contribution in [1.29, 1.82) is 0 Å². The van der Waals surface area contributed by atoms with Crippen molar-refractivity contribution in [3.63, 3.8) is 0 Å². The number of esters is 1. The van der Waals surface area contributed by atoms with E-state index in [9.17, 15) is 9.59 Å². The fraction of sp³-hybridized carbons (Fsp3) is 0.150. The van der Waals surface area contributed by atoms with E-state index in [1.807, 2.05) is 48.7 Å². The number of nitrogens with one attached hydrogen (secondary N) is 1. The molecule has 0 saturated carbocycles. The summed E-state index contributed by atoms with van der Waals surface area (Å²) in [6.07, 6.45) is -0.478. The number of ether oxygens (including phenoxy) is 1. The van der Waals surface area contributed by atoms with Crippen molar-refractivity contribution in [3.05, 3.63) is 70.6 Å². The van der Waals surface area contributed by atoms with Crippen LogP contribution in [-0.4, -0.2) is 23.0 Å². The number of anilines is 1. The van der Waals surface area contributed by atoms with E-state index >= 15 is 0 Å². The average molecular weight is 364 g/mol. The van der Waals surface area contributed by atoms with Gasteiger partial charge >= 0.3 is 5.97 Å². The standard InChI is InChI=1S/C20H16N2O3S/c1-12-6-8-13(9-7-12)16-11-26-20(21-16)22-18(23)17-10-14-4-2-3-5-15(14)19(24)25-17/h2-9,11,17H,10H2,1H3,(H,21,22,23)/t17-/m0/s1. The molecule has 0 fully saturated rings. The van der Waals surface area contributed by atoms with Crippen LogP contribution in [0.1, 0.15) is 21.5 Å². The predicted molar refractivity (Wildman–Crippen MR) is 100 cm³/mol. The van der Waals surface area contributed by atoms with Crippen LogP contribution in [0.4, 0.5) is 5.13 Å². The van der Waals surface area contributed by atoms with E-state index in [-0.39, 0.29) is 5.91 Å². The molecule has 0 bridgehead atoms. The molecule has 130 valence electrons. The maximum Gasteiger partial charge on any atom is 0.339 e. The molecule has 2 heterocycles. The lowest BCUT2D eigenvalue weighted by Crippen LogP contribution is -2.37. The Hall–Kier alpha value is -2.99. The van der Waals surface area contributed by atoms with Gasteiger partial charge in [-0.1, -0.05) is 48.0 Å². The largest absolute Gasteiger partial charge is 0.448 e. The van der Waals surface area contributed by atoms with Gasteiger partial charge in [-0.05, 0) is 18.6 Å². The van der Waals surface area contributed by atoms with Crippen molar-refractivity contribution < 1.29 is 14.3 Å². The molecule has 1 aliphatic heterocycles. The van der Waals surface area contributed by atoms with Crippen molar-refractivity contribution in [1.82, 2.24) is 4.98 Å². The van der Waals surface area contributed by atoms with Crippen molar-refractivity contribution in [2.24, 2.45) is 0 Å². The van der Waals surface area contributed by atoms with Crippen LogP contribution in [0.25, 0.3) is 11.3 Å². The van der Waals surface area contributed by atoms with Crippen molar-refractivity contribution in [2.75, 3.05) is 5.32 Å². The minimum Gasteiger partial charge on any atom is -0.448 e. The lowest BCUT2D eigenvalue weighted by molar-refractivity contribution is -0.125. The minimum absolute atomic E-state index is 0.363. The number of cyclic esters (lactones) is 1. The van der Waals surface area contributed by atoms with Gasteiger partial charge < -0.3 is 4.74 Å². The molecule has 0 spiro atoms. The highest BCUT2D eigenvalue weighted by molar-refractivity contribution is 7.14. The molecule has 2 aromatic carbocycles. The van der Waals surface area contributed by atoms with E-state index in [1.165, 1.54) is 16.9 Å². The van der Waals surface area contributed by atoms with Crippen molar-refractivity contribution in [3.8, 4) is 11.3 Å². The zero-order valence-electron chi connectivity index (χ0n) is 14.1. The predicted octanol–water partition coefficient (Wildman–Crippen LogP) is 3.84. The van der Waals surface area contributed by atoms with Gasteiger partial charge in [0, 0.05) is 17.4 Å². The van der Waals surface area contributed by atoms with Crippen LogP contribution < -0.4 is 5.32 Å². The molecule has 1 atom stereocenters. The molecule has 1 N–H and O–H groups in total. The summed E-state index contributed by atoms with van der Waals surface area (Å²) < 4.78 is 5.28. The second-order valence-electron chi connectivity index (χ2n) is 6.15. The maximum absolute atomic E-state index is 12.5. The molecule has 0 unspecified atom stereocenters. The first-order valence-electron chi connectivity index (χ1n) is 8.22. The number of hydrogen-bond donors (Lipinski definition) is 1. The Morgan fingerprint density at radius 2 is 1.96 bits per heavy atom. The molecule has 0 saturated heterocycles. The van der Waals surface area contributed by atoms with Crippen molar-refractivity contribution >= 4 is 28.3 Å². The molecule has 5 nitrogen and oxygen atoms in total. The third-order valence-corrected chi connectivity index (χ3v) is 5.02. The molecular formula is C20H16N2O3S. The van der Waals surface area contributed by atoms with Crippen LogP contribution >= 0.6 is 11.3 Å². The third kappa shape index (κ3) is 3.23. The number of aryl methyl sites for hydroxylation is 1. The summed E-state index contributed by atoms with van der Waals surface area (Å²) in [4.78, 5) is 29.0. The average Bonchev–Trinajstić information content (AvgIpc) is 3.10. The SMILES string of the molecule is Cc1ccc(-c2csc(NC(=O)[C@@H]3Cc4ccccc4C(=O)O3)n2)cc1. The highest BCUT2D eigenvalue weighted by atomic mass is 32.1. The van der Waals surface area contributed by atoms with Gasteiger partial charge in [-0.3, -0.25) is 10.1 Å². The van der Waals surface area contributed by atoms with E-state index in [2.05, 4.69) is 10.3 Å². The van der Waals surface area contributed by atoms with Gasteiger partial charge in [-0.15, -0.1) is 11.3 Å². The van der Waals surface area contributed by atoms with Gasteiger partial charge in [-0.25, -0.2) is 9.78 Å². The number of benzene rings is 2. The van der Waals surface area contributed by atoms with E-state index in [0.29, 0.717) is 17.1 Å². The molecule has 1 aliphatic rings. The lowest BCUT2D eigenvalue weighted by Gasteiger charge is -2.23. The van der Waals surface area contributed by atoms with E-state index in [1.54, 1.807) is 12.1 Å². The third-order valence-electron chi connectivity index (χ3n) is 4.27. The highest BCUT2D eigenvalue weighted by Gasteiger charge is 2.31. The summed E-state index contributed by atoms with van der Waals surface area (Å²) in [6, 6.07) is 15.2. The van der Waals surface area contributed by atoms with Gasteiger partial charge in [0.2, 0.25) is 0 Å². The van der Waals surface area contributed by atoms with Gasteiger partial charge in [0.15, 0.2) is 11.2 Å². The minimum atomic E-state index is -0.843. The summed E-state index contributed by atoms with van der Waals surface area (Å²) in [5.41, 5.74) is 4.31. The molecule has 3 aromatic rings. The lowest BCUT2D eigenvalue weighted by atomic mass is 9.98. The second kappa shape index (κ2) is 6.72. The van der Waals surface area contributed by atoms with Gasteiger partial charge in [-0.2, -0.15) is 0 Å². The number of amides is 1. The number of thiazole rings is 1. The summed E-state index contributed by atoms with van der Waals surface area (Å²) >= 11 is 1.34. The Labute approximate surface area is 154 Å². The second-order valence-corrected chi connectivity index (χ2v) is 7.01. The van der Waals surface area contributed by atoms with E-state index in [0.717, 1.165) is 16.8 Å². The fourth-order valence-corrected chi connectivity index (χ4v) is 3.57. The molecule has 6 heteroatoms. The van der Waals surface area contributed by atoms with Crippen LogP contribution in [0.5, 0.6) is 0 Å². The number of fused-ring (bicyclic) bond motifs is 1. The Kier molecular flexibility index (Phi) is 4.26. The fourth-order valence-electron chi connectivity index (χ4n) is 2.85. The molecule has 1 amide bonds. The number of aromatic nitrogens is 1. The van der Waals surface area contributed by atoms with E-state index < -0.39 is 12.1 Å². The van der Waals surface area contributed by atoms with Crippen molar-refractivity contribution in [2.45, 2.75) is 19.4 Å². The Morgan fingerprint density at radius 1 is 1.19 bits per heavy atom. The zero-order chi connectivity index (χ0) is 18.1. The summed E-state index contributed by atoms with van der Waals surface area (Å²) in [5, 5.41) is 5.13. The van der Waals surface area contributed by atoms with Crippen LogP contribution in [0, 0.1) is 6.92 Å². The Balaban J connectivity index is 1.47. The Morgan fingerprint density at radius 3 is 2.77 bits per heavy atom. The molecule has 0 aliphatic carbocycles. The van der Waals surface area contributed by atoms with Gasteiger partial charge in [0.05, 0.1) is 11.3 Å². The number of rotatable bonds is 3. The molecule has 0 radical (unpaired) electrons. The number of hydrogen-bond acceptors (Lipinski definition) is 5. The smallest absolute Gasteiger partial charge is 0.339 e. The number of carbonyl (C=O) groups is 2. The van der Waals surface area contributed by atoms with Crippen LogP contribution in [0.3, 0.4) is 0 Å². The molecule has 4 rings (SSSR count). The molecule has 1 aromatic heterocycles. The van der Waals surface area contributed by atoms with Gasteiger partial charge in [0.1, 0.15) is 0 Å². The number of carbonyl (C=O) groups excluding carboxylic acids is 2. The van der Waals surface area contributed by atoms with Gasteiger partial charge in [0.25, 0.3) is 5.91 Å². The highest BCUT2D eigenvalue weighted by Crippen LogP contribution is 2.26.